The average Bonchev–Trinajstić information content (AvgIpc) is 3.10. The minimum atomic E-state index is -4.61. The molecule has 1 aliphatic heterocycles. The van der Waals surface area contributed by atoms with E-state index >= 15 is 0 Å². The number of hydrogen-bond donors (Lipinski definition) is 3. The van der Waals surface area contributed by atoms with Gasteiger partial charge in [0.2, 0.25) is 0 Å². The van der Waals surface area contributed by atoms with E-state index in [-0.39, 0.29) is 53.1 Å². The summed E-state index contributed by atoms with van der Waals surface area (Å²) in [5, 5.41) is 2.80. The molecule has 8 nitrogen and oxygen atoms in total. The fourth-order valence-corrected chi connectivity index (χ4v) is 3.53. The first-order chi connectivity index (χ1) is 13.8. The van der Waals surface area contributed by atoms with Crippen molar-refractivity contribution >= 4 is 40.7 Å². The van der Waals surface area contributed by atoms with Gasteiger partial charge in [-0.25, -0.2) is 9.97 Å². The summed E-state index contributed by atoms with van der Waals surface area (Å²) in [4.78, 5) is 28.6. The molecule has 0 saturated carbocycles. The second-order valence-corrected chi connectivity index (χ2v) is 6.84. The topological polar surface area (TPSA) is 113 Å². The SMILES string of the molecule is Cl.NC1CCCN(c2c(C(F)(F)F)cnc3[nH]cc(NC(=O)c4cnccn4)c23)C1. The number of carbonyl (C=O) groups is 1. The number of nitrogens with zero attached hydrogens (tertiary/aromatic N) is 4. The predicted molar refractivity (Wildman–Crippen MR) is 108 cm³/mol. The van der Waals surface area contributed by atoms with Gasteiger partial charge in [0.25, 0.3) is 5.91 Å². The van der Waals surface area contributed by atoms with Crippen LogP contribution in [0.5, 0.6) is 0 Å². The van der Waals surface area contributed by atoms with E-state index in [2.05, 4.69) is 25.3 Å². The van der Waals surface area contributed by atoms with E-state index in [1.165, 1.54) is 24.8 Å². The first kappa shape index (κ1) is 21.8. The van der Waals surface area contributed by atoms with Crippen LogP contribution in [0.25, 0.3) is 11.0 Å². The van der Waals surface area contributed by atoms with Gasteiger partial charge in [0.1, 0.15) is 11.3 Å². The third-order valence-electron chi connectivity index (χ3n) is 4.80. The fourth-order valence-electron chi connectivity index (χ4n) is 3.53. The maximum atomic E-state index is 13.8. The Morgan fingerprint density at radius 2 is 2.07 bits per heavy atom. The molecule has 0 aromatic carbocycles. The Morgan fingerprint density at radius 1 is 1.27 bits per heavy atom. The number of H-pyrrole nitrogens is 1. The number of amides is 1. The van der Waals surface area contributed by atoms with Gasteiger partial charge in [-0.1, -0.05) is 0 Å². The molecule has 1 fully saturated rings. The lowest BCUT2D eigenvalue weighted by molar-refractivity contribution is -0.137. The van der Waals surface area contributed by atoms with Crippen LogP contribution in [-0.2, 0) is 6.18 Å². The minimum absolute atomic E-state index is 0. The number of carbonyl (C=O) groups excluding carboxylic acids is 1. The smallest absolute Gasteiger partial charge is 0.369 e. The Balaban J connectivity index is 0.00000256. The summed E-state index contributed by atoms with van der Waals surface area (Å²) < 4.78 is 41.3. The van der Waals surface area contributed by atoms with Crippen LogP contribution >= 0.6 is 12.4 Å². The molecule has 3 aromatic rings. The van der Waals surface area contributed by atoms with E-state index in [4.69, 9.17) is 5.73 Å². The molecule has 1 aliphatic rings. The molecule has 1 saturated heterocycles. The Morgan fingerprint density at radius 3 is 2.73 bits per heavy atom. The molecule has 4 N–H and O–H groups in total. The number of aromatic nitrogens is 4. The first-order valence-corrected chi connectivity index (χ1v) is 9.00. The molecule has 1 atom stereocenters. The van der Waals surface area contributed by atoms with Crippen LogP contribution in [0.3, 0.4) is 0 Å². The van der Waals surface area contributed by atoms with Crippen LogP contribution in [0, 0.1) is 0 Å². The van der Waals surface area contributed by atoms with Crippen LogP contribution in [0.15, 0.2) is 31.0 Å². The normalized spacial score (nSPS) is 16.9. The number of aromatic amines is 1. The summed E-state index contributed by atoms with van der Waals surface area (Å²) in [5.74, 6) is -0.585. The lowest BCUT2D eigenvalue weighted by Gasteiger charge is -2.34. The van der Waals surface area contributed by atoms with Crippen molar-refractivity contribution in [2.24, 2.45) is 5.73 Å². The lowest BCUT2D eigenvalue weighted by Crippen LogP contribution is -2.43. The van der Waals surface area contributed by atoms with Gasteiger partial charge in [-0.3, -0.25) is 9.78 Å². The second-order valence-electron chi connectivity index (χ2n) is 6.84. The van der Waals surface area contributed by atoms with Gasteiger partial charge in [0.05, 0.1) is 28.5 Å². The van der Waals surface area contributed by atoms with E-state index < -0.39 is 17.6 Å². The van der Waals surface area contributed by atoms with E-state index in [9.17, 15) is 18.0 Å². The maximum absolute atomic E-state index is 13.8. The number of alkyl halides is 3. The number of piperidine rings is 1. The summed E-state index contributed by atoms with van der Waals surface area (Å²) in [5.41, 5.74) is 5.57. The number of nitrogens with one attached hydrogen (secondary N) is 2. The van der Waals surface area contributed by atoms with Gasteiger partial charge in [-0.2, -0.15) is 13.2 Å². The van der Waals surface area contributed by atoms with Crippen molar-refractivity contribution in [2.45, 2.75) is 25.1 Å². The van der Waals surface area contributed by atoms with E-state index in [1.807, 2.05) is 0 Å². The molecule has 0 spiro atoms. The summed E-state index contributed by atoms with van der Waals surface area (Å²) in [6.07, 6.45) is 3.08. The molecular formula is C18H19ClF3N7O. The summed E-state index contributed by atoms with van der Waals surface area (Å²) in [6.45, 7) is 0.712. The van der Waals surface area contributed by atoms with Gasteiger partial charge in [0.15, 0.2) is 0 Å². The zero-order valence-electron chi connectivity index (χ0n) is 15.6. The Hall–Kier alpha value is -2.92. The zero-order valence-corrected chi connectivity index (χ0v) is 16.4. The number of rotatable bonds is 3. The first-order valence-electron chi connectivity index (χ1n) is 9.00. The van der Waals surface area contributed by atoms with Crippen molar-refractivity contribution in [3.8, 4) is 0 Å². The number of halogens is 4. The standard InChI is InChI=1S/C18H18F3N7O.ClH/c19-18(20,21)11-6-25-16-14(15(11)28-5-1-2-10(22)9-28)12(8-26-16)27-17(29)13-7-23-3-4-24-13;/h3-4,6-8,10H,1-2,5,9,22H2,(H,25,26)(H,27,29);1H. The highest BCUT2D eigenvalue weighted by Crippen LogP contribution is 2.43. The van der Waals surface area contributed by atoms with Crippen LogP contribution < -0.4 is 16.0 Å². The largest absolute Gasteiger partial charge is 0.419 e. The van der Waals surface area contributed by atoms with Crippen LogP contribution in [0.2, 0.25) is 0 Å². The van der Waals surface area contributed by atoms with Gasteiger partial charge in [-0.15, -0.1) is 12.4 Å². The van der Waals surface area contributed by atoms with Gasteiger partial charge in [0, 0.05) is 43.9 Å². The van der Waals surface area contributed by atoms with E-state index in [1.54, 1.807) is 4.90 Å². The monoisotopic (exact) mass is 441 g/mol. The molecule has 30 heavy (non-hydrogen) atoms. The van der Waals surface area contributed by atoms with Gasteiger partial charge >= 0.3 is 6.18 Å². The highest BCUT2D eigenvalue weighted by Gasteiger charge is 2.38. The van der Waals surface area contributed by atoms with Gasteiger partial charge < -0.3 is 20.9 Å². The van der Waals surface area contributed by atoms with Crippen LogP contribution in [-0.4, -0.2) is 45.0 Å². The number of hydrogen-bond acceptors (Lipinski definition) is 6. The molecule has 1 unspecified atom stereocenters. The summed E-state index contributed by atoms with van der Waals surface area (Å²) >= 11 is 0. The molecule has 0 radical (unpaired) electrons. The Labute approximate surface area is 175 Å². The predicted octanol–water partition coefficient (Wildman–Crippen LogP) is 2.97. The van der Waals surface area contributed by atoms with Crippen molar-refractivity contribution in [1.29, 1.82) is 0 Å². The van der Waals surface area contributed by atoms with Crippen molar-refractivity contribution in [3.63, 3.8) is 0 Å². The van der Waals surface area contributed by atoms with E-state index in [0.29, 0.717) is 13.0 Å². The Kier molecular flexibility index (Phi) is 6.13. The fraction of sp³-hybridized carbons (Fsp3) is 0.333. The highest BCUT2D eigenvalue weighted by atomic mass is 35.5. The van der Waals surface area contributed by atoms with Crippen molar-refractivity contribution < 1.29 is 18.0 Å². The molecule has 0 bridgehead atoms. The quantitative estimate of drug-likeness (QED) is 0.576. The molecule has 4 heterocycles. The average molecular weight is 442 g/mol. The van der Waals surface area contributed by atoms with Crippen molar-refractivity contribution in [2.75, 3.05) is 23.3 Å². The van der Waals surface area contributed by atoms with Crippen molar-refractivity contribution in [1.82, 2.24) is 19.9 Å². The minimum Gasteiger partial charge on any atom is -0.369 e. The van der Waals surface area contributed by atoms with Crippen LogP contribution in [0.4, 0.5) is 24.5 Å². The number of fused-ring (bicyclic) bond motifs is 1. The van der Waals surface area contributed by atoms with E-state index in [0.717, 1.165) is 12.6 Å². The maximum Gasteiger partial charge on any atom is 0.419 e. The van der Waals surface area contributed by atoms with Crippen LogP contribution in [0.1, 0.15) is 28.9 Å². The molecule has 0 aliphatic carbocycles. The molecule has 160 valence electrons. The molecule has 12 heteroatoms. The number of anilines is 2. The molecule has 1 amide bonds. The summed E-state index contributed by atoms with van der Waals surface area (Å²) in [6, 6.07) is -0.232. The molecular weight excluding hydrogens is 423 g/mol. The van der Waals surface area contributed by atoms with Crippen molar-refractivity contribution in [3.05, 3.63) is 42.2 Å². The number of pyridine rings is 1. The Bertz CT molecular complexity index is 1040. The number of nitrogens with two attached hydrogens (primary N) is 1. The summed E-state index contributed by atoms with van der Waals surface area (Å²) in [7, 11) is 0. The molecule has 4 rings (SSSR count). The lowest BCUT2D eigenvalue weighted by atomic mass is 10.0. The molecule has 3 aromatic heterocycles. The van der Waals surface area contributed by atoms with Gasteiger partial charge in [-0.05, 0) is 12.8 Å². The third-order valence-corrected chi connectivity index (χ3v) is 4.80. The second kappa shape index (κ2) is 8.44. The zero-order chi connectivity index (χ0) is 20.6. The highest BCUT2D eigenvalue weighted by molar-refractivity contribution is 6.11. The third kappa shape index (κ3) is 4.17.